The molecule has 164 valence electrons. The number of anilines is 1. The minimum absolute atomic E-state index is 0.222. The van der Waals surface area contributed by atoms with Crippen LogP contribution in [-0.4, -0.2) is 35.7 Å². The predicted molar refractivity (Wildman–Crippen MR) is 121 cm³/mol. The van der Waals surface area contributed by atoms with Gasteiger partial charge in [0.25, 0.3) is 5.56 Å². The van der Waals surface area contributed by atoms with Gasteiger partial charge in [0.2, 0.25) is 0 Å². The normalized spacial score (nSPS) is 19.4. The third-order valence-electron chi connectivity index (χ3n) is 6.01. The maximum atomic E-state index is 13.1. The van der Waals surface area contributed by atoms with Crippen molar-refractivity contribution in [1.82, 2.24) is 4.74 Å². The number of hydrogen-bond donors (Lipinski definition) is 3. The Morgan fingerprint density at radius 1 is 1.26 bits per heavy atom. The Bertz CT molecular complexity index is 1140. The molecular weight excluding hydrogens is 394 g/mol. The van der Waals surface area contributed by atoms with Crippen LogP contribution in [0.3, 0.4) is 0 Å². The molecule has 0 amide bonds. The Morgan fingerprint density at radius 2 is 2.03 bits per heavy atom. The third kappa shape index (κ3) is 4.30. The molecule has 31 heavy (non-hydrogen) atoms. The molecule has 7 heteroatoms. The second-order valence-corrected chi connectivity index (χ2v) is 8.04. The number of aliphatic hydroxyl groups is 1. The smallest absolute Gasteiger partial charge is 0.290 e. The van der Waals surface area contributed by atoms with Crippen molar-refractivity contribution in [3.63, 3.8) is 0 Å². The van der Waals surface area contributed by atoms with Crippen LogP contribution in [0.25, 0.3) is 11.0 Å². The number of hydrogen-bond acceptors (Lipinski definition) is 6. The van der Waals surface area contributed by atoms with Crippen LogP contribution in [0.15, 0.2) is 51.9 Å². The van der Waals surface area contributed by atoms with E-state index in [4.69, 9.17) is 15.0 Å². The van der Waals surface area contributed by atoms with E-state index in [1.165, 1.54) is 4.74 Å². The zero-order valence-electron chi connectivity index (χ0n) is 17.9. The Labute approximate surface area is 181 Å². The van der Waals surface area contributed by atoms with Gasteiger partial charge in [-0.05, 0) is 73.3 Å². The largest absolute Gasteiger partial charge is 0.391 e. The number of aromatic nitrogens is 1. The highest BCUT2D eigenvalue weighted by Gasteiger charge is 2.30. The Hall–Kier alpha value is -2.87. The lowest BCUT2D eigenvalue weighted by Gasteiger charge is -2.26. The first-order chi connectivity index (χ1) is 15.0. The summed E-state index contributed by atoms with van der Waals surface area (Å²) < 4.78 is 12.7. The molecule has 1 aliphatic heterocycles. The number of aryl methyl sites for hydroxylation is 1. The predicted octanol–water partition coefficient (Wildman–Crippen LogP) is 3.01. The van der Waals surface area contributed by atoms with Gasteiger partial charge >= 0.3 is 0 Å². The number of nitrogens with zero attached hydrogens (tertiary/aromatic N) is 1. The molecule has 1 saturated heterocycles. The lowest BCUT2D eigenvalue weighted by atomic mass is 9.95. The molecular formula is C24H29N3O4. The summed E-state index contributed by atoms with van der Waals surface area (Å²) in [7, 11) is 0. The van der Waals surface area contributed by atoms with Gasteiger partial charge in [-0.15, -0.1) is 0 Å². The first-order valence-corrected chi connectivity index (χ1v) is 10.6. The van der Waals surface area contributed by atoms with Gasteiger partial charge in [-0.1, -0.05) is 18.2 Å². The maximum Gasteiger partial charge on any atom is 0.290 e. The fourth-order valence-electron chi connectivity index (χ4n) is 4.00. The third-order valence-corrected chi connectivity index (χ3v) is 6.01. The molecule has 4 N–H and O–H groups in total. The number of fused-ring (bicyclic) bond motifs is 1. The first kappa shape index (κ1) is 21.4. The van der Waals surface area contributed by atoms with E-state index in [0.717, 1.165) is 27.9 Å². The summed E-state index contributed by atoms with van der Waals surface area (Å²) in [6.07, 6.45) is 4.23. The van der Waals surface area contributed by atoms with Gasteiger partial charge in [0.15, 0.2) is 5.58 Å². The van der Waals surface area contributed by atoms with Crippen LogP contribution in [0.4, 0.5) is 5.69 Å². The lowest BCUT2D eigenvalue weighted by molar-refractivity contribution is -0.0526. The van der Waals surface area contributed by atoms with Gasteiger partial charge in [-0.3, -0.25) is 4.79 Å². The van der Waals surface area contributed by atoms with Crippen molar-refractivity contribution in [2.45, 2.75) is 38.8 Å². The fraction of sp³-hybridized carbons (Fsp3) is 0.375. The minimum Gasteiger partial charge on any atom is -0.391 e. The van der Waals surface area contributed by atoms with E-state index in [1.807, 2.05) is 44.3 Å². The number of benzene rings is 2. The Morgan fingerprint density at radius 3 is 2.74 bits per heavy atom. The van der Waals surface area contributed by atoms with E-state index >= 15 is 0 Å². The molecule has 0 spiro atoms. The molecule has 0 aliphatic carbocycles. The van der Waals surface area contributed by atoms with Crippen molar-refractivity contribution in [3.05, 3.63) is 75.2 Å². The molecule has 2 aromatic carbocycles. The molecule has 1 fully saturated rings. The summed E-state index contributed by atoms with van der Waals surface area (Å²) in [6.45, 7) is 5.28. The van der Waals surface area contributed by atoms with E-state index in [1.54, 1.807) is 0 Å². The second kappa shape index (κ2) is 9.09. The Balaban J connectivity index is 1.64. The number of nitrogens with two attached hydrogens (primary N) is 1. The van der Waals surface area contributed by atoms with E-state index in [-0.39, 0.29) is 12.2 Å². The van der Waals surface area contributed by atoms with Crippen LogP contribution in [0.5, 0.6) is 0 Å². The molecule has 0 unspecified atom stereocenters. The van der Waals surface area contributed by atoms with Crippen molar-refractivity contribution in [2.24, 2.45) is 5.73 Å². The van der Waals surface area contributed by atoms with Crippen LogP contribution in [0.2, 0.25) is 0 Å². The second-order valence-electron chi connectivity index (χ2n) is 8.04. The van der Waals surface area contributed by atoms with Crippen LogP contribution in [-0.2, 0) is 11.2 Å². The highest BCUT2D eigenvalue weighted by Crippen LogP contribution is 2.28. The van der Waals surface area contributed by atoms with Crippen molar-refractivity contribution in [1.29, 1.82) is 0 Å². The molecule has 1 aromatic heterocycles. The zero-order chi connectivity index (χ0) is 22.0. The quantitative estimate of drug-likeness (QED) is 0.563. The van der Waals surface area contributed by atoms with E-state index in [0.29, 0.717) is 37.0 Å². The molecule has 7 nitrogen and oxygen atoms in total. The number of nitrogens with one attached hydrogen (secondary N) is 1. The summed E-state index contributed by atoms with van der Waals surface area (Å²) in [5.41, 5.74) is 11.1. The standard InChI is InChI=1S/C24H29N3O4/c1-15-16(2)23-20(24(29)27(31-23)21-14-30-11-8-22(21)28)13-18(15)12-17-4-6-19(7-5-17)26-10-3-9-25/h3-7,10,13,21-22,26,28H,8-9,11-12,14,25H2,1-2H3/b10-3-/t21-,22-/m0/s1. The number of rotatable bonds is 6. The summed E-state index contributed by atoms with van der Waals surface area (Å²) in [5, 5.41) is 14.0. The molecule has 0 radical (unpaired) electrons. The van der Waals surface area contributed by atoms with Crippen LogP contribution < -0.4 is 16.6 Å². The summed E-state index contributed by atoms with van der Waals surface area (Å²) >= 11 is 0. The summed E-state index contributed by atoms with van der Waals surface area (Å²) in [4.78, 5) is 13.1. The minimum atomic E-state index is -0.653. The van der Waals surface area contributed by atoms with Crippen LogP contribution >= 0.6 is 0 Å². The van der Waals surface area contributed by atoms with Gasteiger partial charge in [-0.25, -0.2) is 0 Å². The molecule has 3 aromatic rings. The van der Waals surface area contributed by atoms with Crippen LogP contribution in [0, 0.1) is 13.8 Å². The van der Waals surface area contributed by atoms with Gasteiger partial charge in [0.05, 0.1) is 18.1 Å². The van der Waals surface area contributed by atoms with Crippen molar-refractivity contribution < 1.29 is 14.4 Å². The number of ether oxygens (including phenoxy) is 1. The maximum absolute atomic E-state index is 13.1. The highest BCUT2D eigenvalue weighted by atomic mass is 16.5. The van der Waals surface area contributed by atoms with Gasteiger partial charge in [0.1, 0.15) is 6.04 Å². The van der Waals surface area contributed by atoms with E-state index < -0.39 is 12.1 Å². The highest BCUT2D eigenvalue weighted by molar-refractivity contribution is 5.81. The van der Waals surface area contributed by atoms with E-state index in [2.05, 4.69) is 17.4 Å². The van der Waals surface area contributed by atoms with Gasteiger partial charge in [-0.2, -0.15) is 4.74 Å². The van der Waals surface area contributed by atoms with Gasteiger partial charge < -0.3 is 25.4 Å². The van der Waals surface area contributed by atoms with E-state index in [9.17, 15) is 9.90 Å². The summed E-state index contributed by atoms with van der Waals surface area (Å²) in [6, 6.07) is 9.61. The zero-order valence-corrected chi connectivity index (χ0v) is 17.9. The van der Waals surface area contributed by atoms with Crippen molar-refractivity contribution in [3.8, 4) is 0 Å². The summed E-state index contributed by atoms with van der Waals surface area (Å²) in [5.74, 6) is 0. The number of aliphatic hydroxyl groups excluding tert-OH is 1. The fourth-order valence-corrected chi connectivity index (χ4v) is 4.00. The van der Waals surface area contributed by atoms with Crippen molar-refractivity contribution in [2.75, 3.05) is 25.1 Å². The molecule has 2 atom stereocenters. The Kier molecular flexibility index (Phi) is 6.27. The SMILES string of the molecule is Cc1c(Cc2ccc(N/C=C\CN)cc2)cc2c(=O)n([C@H]3COCC[C@@H]3O)oc2c1C. The first-order valence-electron chi connectivity index (χ1n) is 10.6. The average Bonchev–Trinajstić information content (AvgIpc) is 3.10. The molecule has 2 heterocycles. The monoisotopic (exact) mass is 423 g/mol. The molecule has 0 bridgehead atoms. The average molecular weight is 424 g/mol. The van der Waals surface area contributed by atoms with Gasteiger partial charge in [0, 0.05) is 18.8 Å². The topological polar surface area (TPSA) is 103 Å². The molecule has 1 aliphatic rings. The molecule has 0 saturated carbocycles. The van der Waals surface area contributed by atoms with Crippen LogP contribution in [0.1, 0.15) is 34.7 Å². The lowest BCUT2D eigenvalue weighted by Crippen LogP contribution is -2.37. The molecule has 4 rings (SSSR count). The van der Waals surface area contributed by atoms with Crippen molar-refractivity contribution >= 4 is 16.7 Å².